The largest absolute Gasteiger partial charge is 0.371 e. The van der Waals surface area contributed by atoms with Gasteiger partial charge in [0.1, 0.15) is 11.9 Å². The smallest absolute Gasteiger partial charge is 0.227 e. The van der Waals surface area contributed by atoms with Gasteiger partial charge in [0.05, 0.1) is 19.5 Å². The van der Waals surface area contributed by atoms with E-state index in [0.717, 1.165) is 43.3 Å². The van der Waals surface area contributed by atoms with Gasteiger partial charge < -0.3 is 14.2 Å². The Labute approximate surface area is 157 Å². The van der Waals surface area contributed by atoms with Gasteiger partial charge >= 0.3 is 0 Å². The SMILES string of the molecule is C[C@H](Sc1nncn1C)c1cccc(CC(=O)N2CC3(CCCO3)C2)c1. The lowest BCUT2D eigenvalue weighted by atomic mass is 9.90. The van der Waals surface area contributed by atoms with Crippen LogP contribution in [0.1, 0.15) is 36.1 Å². The number of hydrogen-bond acceptors (Lipinski definition) is 5. The Bertz CT molecular complexity index is 792. The number of aryl methyl sites for hydroxylation is 1. The summed E-state index contributed by atoms with van der Waals surface area (Å²) in [6, 6.07) is 8.30. The van der Waals surface area contributed by atoms with E-state index in [4.69, 9.17) is 4.74 Å². The first kappa shape index (κ1) is 17.5. The van der Waals surface area contributed by atoms with Crippen LogP contribution in [0.2, 0.25) is 0 Å². The highest BCUT2D eigenvalue weighted by Crippen LogP contribution is 2.36. The van der Waals surface area contributed by atoms with Crippen LogP contribution in [-0.2, 0) is 23.0 Å². The van der Waals surface area contributed by atoms with Crippen LogP contribution >= 0.6 is 11.8 Å². The second-order valence-electron chi connectivity index (χ2n) is 7.29. The van der Waals surface area contributed by atoms with Crippen molar-refractivity contribution in [2.24, 2.45) is 7.05 Å². The van der Waals surface area contributed by atoms with E-state index in [9.17, 15) is 4.79 Å². The van der Waals surface area contributed by atoms with Crippen LogP contribution in [0.25, 0.3) is 0 Å². The van der Waals surface area contributed by atoms with Gasteiger partial charge in [-0.25, -0.2) is 0 Å². The number of aromatic nitrogens is 3. The number of carbonyl (C=O) groups excluding carboxylic acids is 1. The molecular weight excluding hydrogens is 348 g/mol. The number of nitrogens with zero attached hydrogens (tertiary/aromatic N) is 4. The molecule has 1 spiro atoms. The van der Waals surface area contributed by atoms with Crippen molar-refractivity contribution in [2.45, 2.75) is 42.2 Å². The molecule has 2 aliphatic rings. The third-order valence-corrected chi connectivity index (χ3v) is 6.43. The maximum atomic E-state index is 12.6. The third kappa shape index (κ3) is 3.50. The number of ether oxygens (including phenoxy) is 1. The minimum Gasteiger partial charge on any atom is -0.371 e. The molecule has 0 radical (unpaired) electrons. The molecule has 138 valence electrons. The predicted octanol–water partition coefficient (Wildman–Crippen LogP) is 2.60. The first-order valence-electron chi connectivity index (χ1n) is 9.06. The number of hydrogen-bond donors (Lipinski definition) is 0. The normalized spacial score (nSPS) is 19.5. The van der Waals surface area contributed by atoms with E-state index in [1.807, 2.05) is 28.6 Å². The second-order valence-corrected chi connectivity index (χ2v) is 8.60. The summed E-state index contributed by atoms with van der Waals surface area (Å²) >= 11 is 1.67. The molecule has 1 amide bonds. The zero-order chi connectivity index (χ0) is 18.1. The molecule has 3 heterocycles. The summed E-state index contributed by atoms with van der Waals surface area (Å²) in [5.74, 6) is 0.192. The number of rotatable bonds is 5. The molecule has 4 rings (SSSR count). The van der Waals surface area contributed by atoms with Crippen molar-refractivity contribution in [3.8, 4) is 0 Å². The molecule has 0 bridgehead atoms. The number of thioether (sulfide) groups is 1. The molecule has 2 aromatic rings. The summed E-state index contributed by atoms with van der Waals surface area (Å²) in [5.41, 5.74) is 2.23. The second kappa shape index (κ2) is 7.04. The molecule has 6 nitrogen and oxygen atoms in total. The van der Waals surface area contributed by atoms with E-state index >= 15 is 0 Å². The lowest BCUT2D eigenvalue weighted by molar-refractivity contribution is -0.157. The minimum absolute atomic E-state index is 0.0290. The van der Waals surface area contributed by atoms with Crippen molar-refractivity contribution in [1.82, 2.24) is 19.7 Å². The number of carbonyl (C=O) groups is 1. The Morgan fingerprint density at radius 1 is 1.42 bits per heavy atom. The Morgan fingerprint density at radius 2 is 2.27 bits per heavy atom. The maximum Gasteiger partial charge on any atom is 0.227 e. The highest BCUT2D eigenvalue weighted by molar-refractivity contribution is 7.99. The number of amides is 1. The number of likely N-dealkylation sites (tertiary alicyclic amines) is 1. The first-order valence-corrected chi connectivity index (χ1v) is 9.94. The fraction of sp³-hybridized carbons (Fsp3) is 0.526. The maximum absolute atomic E-state index is 12.6. The van der Waals surface area contributed by atoms with Gasteiger partial charge in [-0.15, -0.1) is 10.2 Å². The summed E-state index contributed by atoms with van der Waals surface area (Å²) in [5, 5.41) is 9.19. The molecule has 0 unspecified atom stereocenters. The molecule has 0 saturated carbocycles. The van der Waals surface area contributed by atoms with Crippen molar-refractivity contribution in [1.29, 1.82) is 0 Å². The van der Waals surface area contributed by atoms with Gasteiger partial charge in [0.2, 0.25) is 5.91 Å². The molecule has 2 aliphatic heterocycles. The van der Waals surface area contributed by atoms with Gasteiger partial charge in [-0.05, 0) is 30.9 Å². The van der Waals surface area contributed by atoms with Gasteiger partial charge in [0.25, 0.3) is 0 Å². The molecule has 7 heteroatoms. The average molecular weight is 372 g/mol. The zero-order valence-corrected chi connectivity index (χ0v) is 16.0. The molecule has 0 aliphatic carbocycles. The van der Waals surface area contributed by atoms with Gasteiger partial charge in [-0.2, -0.15) is 0 Å². The van der Waals surface area contributed by atoms with Gasteiger partial charge in [0, 0.05) is 18.9 Å². The molecule has 1 atom stereocenters. The summed E-state index contributed by atoms with van der Waals surface area (Å²) in [7, 11) is 1.94. The van der Waals surface area contributed by atoms with E-state index < -0.39 is 0 Å². The Balaban J connectivity index is 1.36. The topological polar surface area (TPSA) is 60.2 Å². The van der Waals surface area contributed by atoms with Crippen LogP contribution < -0.4 is 0 Å². The first-order chi connectivity index (χ1) is 12.5. The summed E-state index contributed by atoms with van der Waals surface area (Å²) < 4.78 is 7.72. The van der Waals surface area contributed by atoms with Gasteiger partial charge in [-0.1, -0.05) is 36.0 Å². The van der Waals surface area contributed by atoms with E-state index in [0.29, 0.717) is 6.42 Å². The van der Waals surface area contributed by atoms with Crippen LogP contribution in [-0.4, -0.2) is 50.9 Å². The monoisotopic (exact) mass is 372 g/mol. The van der Waals surface area contributed by atoms with Crippen LogP contribution in [0.15, 0.2) is 35.7 Å². The fourth-order valence-electron chi connectivity index (χ4n) is 3.68. The van der Waals surface area contributed by atoms with E-state index in [1.54, 1.807) is 18.1 Å². The summed E-state index contributed by atoms with van der Waals surface area (Å²) in [4.78, 5) is 14.5. The standard InChI is InChI=1S/C19H24N4O2S/c1-14(26-18-21-20-13-22(18)2)16-6-3-5-15(9-16)10-17(24)23-11-19(12-23)7-4-8-25-19/h3,5-6,9,13-14H,4,7-8,10-12H2,1-2H3/t14-/m0/s1. The third-order valence-electron chi connectivity index (χ3n) is 5.22. The van der Waals surface area contributed by atoms with Crippen LogP contribution in [0.4, 0.5) is 0 Å². The van der Waals surface area contributed by atoms with Crippen molar-refractivity contribution in [3.63, 3.8) is 0 Å². The van der Waals surface area contributed by atoms with Crippen LogP contribution in [0, 0.1) is 0 Å². The van der Waals surface area contributed by atoms with E-state index in [-0.39, 0.29) is 16.8 Å². The molecule has 2 fully saturated rings. The quantitative estimate of drug-likeness (QED) is 0.755. The van der Waals surface area contributed by atoms with Crippen LogP contribution in [0.5, 0.6) is 0 Å². The van der Waals surface area contributed by atoms with E-state index in [2.05, 4.69) is 29.3 Å². The lowest BCUT2D eigenvalue weighted by Crippen LogP contribution is -2.63. The molecule has 1 aromatic carbocycles. The Hall–Kier alpha value is -1.86. The van der Waals surface area contributed by atoms with Crippen molar-refractivity contribution < 1.29 is 9.53 Å². The molecular formula is C19H24N4O2S. The van der Waals surface area contributed by atoms with Crippen molar-refractivity contribution >= 4 is 17.7 Å². The molecule has 1 aromatic heterocycles. The Morgan fingerprint density at radius 3 is 2.96 bits per heavy atom. The lowest BCUT2D eigenvalue weighted by Gasteiger charge is -2.47. The minimum atomic E-state index is -0.0290. The highest BCUT2D eigenvalue weighted by atomic mass is 32.2. The Kier molecular flexibility index (Phi) is 4.75. The van der Waals surface area contributed by atoms with Gasteiger partial charge in [0.15, 0.2) is 5.16 Å². The van der Waals surface area contributed by atoms with E-state index in [1.165, 1.54) is 5.56 Å². The summed E-state index contributed by atoms with van der Waals surface area (Å²) in [6.07, 6.45) is 4.36. The fourth-order valence-corrected chi connectivity index (χ4v) is 4.58. The molecule has 26 heavy (non-hydrogen) atoms. The van der Waals surface area contributed by atoms with Crippen molar-refractivity contribution in [3.05, 3.63) is 41.7 Å². The molecule has 0 N–H and O–H groups in total. The number of benzene rings is 1. The highest BCUT2D eigenvalue weighted by Gasteiger charge is 2.47. The van der Waals surface area contributed by atoms with Crippen molar-refractivity contribution in [2.75, 3.05) is 19.7 Å². The average Bonchev–Trinajstić information content (AvgIpc) is 3.23. The van der Waals surface area contributed by atoms with Gasteiger partial charge in [-0.3, -0.25) is 4.79 Å². The zero-order valence-electron chi connectivity index (χ0n) is 15.2. The summed E-state index contributed by atoms with van der Waals surface area (Å²) in [6.45, 7) is 4.50. The molecule has 2 saturated heterocycles. The predicted molar refractivity (Wildman–Crippen MR) is 99.9 cm³/mol. The van der Waals surface area contributed by atoms with Crippen LogP contribution in [0.3, 0.4) is 0 Å².